The molecule has 0 bridgehead atoms. The van der Waals surface area contributed by atoms with Crippen LogP contribution in [0.3, 0.4) is 0 Å². The van der Waals surface area contributed by atoms with E-state index in [0.717, 1.165) is 24.3 Å². The lowest BCUT2D eigenvalue weighted by Gasteiger charge is -2.37. The lowest BCUT2D eigenvalue weighted by atomic mass is 9.80. The van der Waals surface area contributed by atoms with Gasteiger partial charge in [-0.3, -0.25) is 19.7 Å². The summed E-state index contributed by atoms with van der Waals surface area (Å²) < 4.78 is 16.1. The van der Waals surface area contributed by atoms with Crippen molar-refractivity contribution in [1.82, 2.24) is 4.90 Å². The summed E-state index contributed by atoms with van der Waals surface area (Å²) >= 11 is 0. The molecule has 1 unspecified atom stereocenters. The first-order valence-corrected chi connectivity index (χ1v) is 14.6. The highest BCUT2D eigenvalue weighted by molar-refractivity contribution is 6.06. The summed E-state index contributed by atoms with van der Waals surface area (Å²) in [6.07, 6.45) is -0.539. The van der Waals surface area contributed by atoms with Gasteiger partial charge in [0.15, 0.2) is 5.78 Å². The van der Waals surface area contributed by atoms with Crippen molar-refractivity contribution in [3.05, 3.63) is 83.4 Å². The number of hydrogen-bond donors (Lipinski definition) is 1. The maximum atomic E-state index is 13.2. The van der Waals surface area contributed by atoms with Crippen molar-refractivity contribution in [3.63, 3.8) is 0 Å². The lowest BCUT2D eigenvalue weighted by molar-refractivity contribution is -0.154. The maximum absolute atomic E-state index is 13.2. The number of rotatable bonds is 10. The molecule has 0 aliphatic carbocycles. The average Bonchev–Trinajstić information content (AvgIpc) is 3.03. The average molecular weight is 602 g/mol. The van der Waals surface area contributed by atoms with Crippen molar-refractivity contribution < 1.29 is 33.4 Å². The molecular weight excluding hydrogens is 562 g/mol. The number of ether oxygens (including phenoxy) is 3. The predicted octanol–water partition coefficient (Wildman–Crippen LogP) is 5.63. The van der Waals surface area contributed by atoms with Gasteiger partial charge in [-0.25, -0.2) is 4.79 Å². The third kappa shape index (κ3) is 7.37. The van der Waals surface area contributed by atoms with Gasteiger partial charge in [0.2, 0.25) is 0 Å². The van der Waals surface area contributed by atoms with Gasteiger partial charge in [-0.1, -0.05) is 12.1 Å². The van der Waals surface area contributed by atoms with E-state index in [-0.39, 0.29) is 43.6 Å². The Bertz CT molecular complexity index is 1500. The summed E-state index contributed by atoms with van der Waals surface area (Å²) in [4.78, 5) is 55.3. The van der Waals surface area contributed by atoms with Crippen LogP contribution < -0.4 is 19.7 Å². The summed E-state index contributed by atoms with van der Waals surface area (Å²) in [5.41, 5.74) is 2.30. The molecule has 1 saturated heterocycles. The van der Waals surface area contributed by atoms with Gasteiger partial charge < -0.3 is 24.0 Å². The van der Waals surface area contributed by atoms with Crippen LogP contribution in [0.1, 0.15) is 48.7 Å². The van der Waals surface area contributed by atoms with Crippen LogP contribution in [-0.4, -0.2) is 61.9 Å². The van der Waals surface area contributed by atoms with Crippen molar-refractivity contribution in [2.24, 2.45) is 5.41 Å². The number of amides is 2. The number of piperidine rings is 1. The zero-order chi connectivity index (χ0) is 31.9. The molecule has 44 heavy (non-hydrogen) atoms. The first kappa shape index (κ1) is 32.1. The van der Waals surface area contributed by atoms with Gasteiger partial charge in [-0.15, -0.1) is 0 Å². The van der Waals surface area contributed by atoms with Crippen LogP contribution >= 0.6 is 0 Å². The lowest BCUT2D eigenvalue weighted by Crippen LogP contribution is -2.54. The molecule has 4 rings (SSSR count). The Balaban J connectivity index is 1.31. The van der Waals surface area contributed by atoms with E-state index in [1.807, 2.05) is 25.1 Å². The van der Waals surface area contributed by atoms with Crippen molar-refractivity contribution >= 4 is 35.1 Å². The molecule has 3 aromatic rings. The number of nitrogens with zero attached hydrogens (tertiary/aromatic N) is 2. The number of aryl methyl sites for hydroxylation is 1. The normalized spacial score (nSPS) is 16.2. The summed E-state index contributed by atoms with van der Waals surface area (Å²) in [6, 6.07) is 19.0. The van der Waals surface area contributed by atoms with E-state index in [9.17, 15) is 19.2 Å². The van der Waals surface area contributed by atoms with Gasteiger partial charge in [0.1, 0.15) is 23.5 Å². The second-order valence-electron chi connectivity index (χ2n) is 10.9. The summed E-state index contributed by atoms with van der Waals surface area (Å²) in [5, 5.41) is 2.78. The number of carbonyl (C=O) groups excluding carboxylic acids is 4. The molecule has 1 fully saturated rings. The Kier molecular flexibility index (Phi) is 10.3. The molecule has 1 aliphatic rings. The monoisotopic (exact) mass is 601 g/mol. The van der Waals surface area contributed by atoms with E-state index >= 15 is 0 Å². The zero-order valence-corrected chi connectivity index (χ0v) is 25.8. The number of methoxy groups -OCH3 is 1. The minimum atomic E-state index is -1.51. The number of hydrogen-bond acceptors (Lipinski definition) is 8. The van der Waals surface area contributed by atoms with Crippen LogP contribution in [0, 0.1) is 12.3 Å². The van der Waals surface area contributed by atoms with Gasteiger partial charge in [0.25, 0.3) is 5.91 Å². The Morgan fingerprint density at radius 2 is 1.61 bits per heavy atom. The highest BCUT2D eigenvalue weighted by atomic mass is 16.5. The molecule has 232 valence electrons. The fourth-order valence-corrected chi connectivity index (χ4v) is 5.07. The van der Waals surface area contributed by atoms with E-state index in [0.29, 0.717) is 22.6 Å². The first-order chi connectivity index (χ1) is 21.1. The molecule has 1 aliphatic heterocycles. The van der Waals surface area contributed by atoms with E-state index in [4.69, 9.17) is 14.2 Å². The molecular formula is C34H39N3O7. The maximum Gasteiger partial charge on any atom is 0.411 e. The van der Waals surface area contributed by atoms with E-state index in [1.165, 1.54) is 11.8 Å². The van der Waals surface area contributed by atoms with Gasteiger partial charge in [0.05, 0.1) is 7.11 Å². The topological polar surface area (TPSA) is 114 Å². The molecule has 3 aromatic carbocycles. The fraction of sp³-hybridized carbons (Fsp3) is 0.353. The largest absolute Gasteiger partial charge is 0.497 e. The van der Waals surface area contributed by atoms with Crippen LogP contribution in [-0.2, 0) is 20.9 Å². The van der Waals surface area contributed by atoms with Crippen LogP contribution in [0.15, 0.2) is 66.7 Å². The summed E-state index contributed by atoms with van der Waals surface area (Å²) in [6.45, 7) is 9.55. The van der Waals surface area contributed by atoms with E-state index in [1.54, 1.807) is 55.6 Å². The summed E-state index contributed by atoms with van der Waals surface area (Å²) in [7, 11) is 1.54. The third-order valence-corrected chi connectivity index (χ3v) is 7.89. The predicted molar refractivity (Wildman–Crippen MR) is 167 cm³/mol. The van der Waals surface area contributed by atoms with E-state index < -0.39 is 17.5 Å². The quantitative estimate of drug-likeness (QED) is 0.181. The number of nitrogens with one attached hydrogen (secondary N) is 1. The van der Waals surface area contributed by atoms with Crippen molar-refractivity contribution in [2.45, 2.75) is 40.7 Å². The molecule has 10 nitrogen and oxygen atoms in total. The molecule has 0 saturated carbocycles. The highest BCUT2D eigenvalue weighted by Crippen LogP contribution is 2.30. The molecule has 2 amide bonds. The zero-order valence-electron chi connectivity index (χ0n) is 25.8. The van der Waals surface area contributed by atoms with Gasteiger partial charge in [-0.2, -0.15) is 0 Å². The van der Waals surface area contributed by atoms with Crippen LogP contribution in [0.5, 0.6) is 11.5 Å². The second-order valence-corrected chi connectivity index (χ2v) is 10.9. The molecule has 0 aromatic heterocycles. The number of esters is 1. The molecule has 0 radical (unpaired) electrons. The van der Waals surface area contributed by atoms with Crippen molar-refractivity contribution in [2.75, 3.05) is 43.5 Å². The standard InChI is InChI=1S/C34H39N3O7/c1-6-36(7-2)26-12-17-29(23(3)20-26)35-33(41)43-21-24-8-13-28(14-9-24)44-32(40)34(4)22-37(19-18-30(34)38)31(39)25-10-15-27(42-5)16-11-25/h8-17,20H,6-7,18-19,21-22H2,1-5H3,(H,35,41). The Morgan fingerprint density at radius 1 is 0.955 bits per heavy atom. The first-order valence-electron chi connectivity index (χ1n) is 14.6. The highest BCUT2D eigenvalue weighted by Gasteiger charge is 2.47. The van der Waals surface area contributed by atoms with Gasteiger partial charge >= 0.3 is 12.1 Å². The number of ketones is 1. The SMILES string of the molecule is CCN(CC)c1ccc(NC(=O)OCc2ccc(OC(=O)C3(C)CN(C(=O)c4ccc(OC)cc4)CCC3=O)cc2)c(C)c1. The molecule has 1 N–H and O–H groups in total. The van der Waals surface area contributed by atoms with Crippen LogP contribution in [0.4, 0.5) is 16.2 Å². The Labute approximate surface area is 257 Å². The Morgan fingerprint density at radius 3 is 2.23 bits per heavy atom. The van der Waals surface area contributed by atoms with E-state index in [2.05, 4.69) is 24.1 Å². The number of Topliss-reactive ketones (excluding diaryl/α,β-unsaturated/α-hetero) is 1. The van der Waals surface area contributed by atoms with Crippen molar-refractivity contribution in [1.29, 1.82) is 0 Å². The summed E-state index contributed by atoms with van der Waals surface area (Å²) in [5.74, 6) is -0.439. The Hall–Kier alpha value is -4.86. The van der Waals surface area contributed by atoms with Gasteiger partial charge in [-0.05, 0) is 93.4 Å². The molecule has 10 heteroatoms. The number of likely N-dealkylation sites (tertiary alicyclic amines) is 1. The minimum Gasteiger partial charge on any atom is -0.497 e. The molecule has 1 heterocycles. The fourth-order valence-electron chi connectivity index (χ4n) is 5.07. The van der Waals surface area contributed by atoms with Crippen LogP contribution in [0.25, 0.3) is 0 Å². The number of anilines is 2. The minimum absolute atomic E-state index is 0.00920. The molecule has 1 atom stereocenters. The number of benzene rings is 3. The van der Waals surface area contributed by atoms with Gasteiger partial charge in [0, 0.05) is 49.5 Å². The smallest absolute Gasteiger partial charge is 0.411 e. The third-order valence-electron chi connectivity index (χ3n) is 7.89. The second kappa shape index (κ2) is 14.1. The van der Waals surface area contributed by atoms with Crippen LogP contribution in [0.2, 0.25) is 0 Å². The molecule has 0 spiro atoms. The number of carbonyl (C=O) groups is 4. The van der Waals surface area contributed by atoms with Crippen molar-refractivity contribution in [3.8, 4) is 11.5 Å².